The Morgan fingerprint density at radius 2 is 2.30 bits per heavy atom. The third kappa shape index (κ3) is 3.77. The molecule has 1 rings (SSSR count). The van der Waals surface area contributed by atoms with E-state index in [0.717, 1.165) is 6.07 Å². The Labute approximate surface area is 113 Å². The van der Waals surface area contributed by atoms with Crippen LogP contribution in [0.4, 0.5) is 16.3 Å². The molecule has 1 aromatic rings. The molecule has 9 heteroatoms. The minimum Gasteiger partial charge on any atom is -0.480 e. The topological polar surface area (TPSA) is 123 Å². The summed E-state index contributed by atoms with van der Waals surface area (Å²) in [6, 6.07) is 2.41. The average Bonchev–Trinajstić information content (AvgIpc) is 2.41. The number of ether oxygens (including phenoxy) is 1. The van der Waals surface area contributed by atoms with Crippen LogP contribution in [0.25, 0.3) is 0 Å². The predicted octanol–water partition coefficient (Wildman–Crippen LogP) is 1.20. The third-order valence-corrected chi connectivity index (χ3v) is 2.06. The van der Waals surface area contributed by atoms with E-state index in [1.165, 1.54) is 18.3 Å². The van der Waals surface area contributed by atoms with Crippen molar-refractivity contribution in [1.29, 1.82) is 0 Å². The first-order valence-electron chi connectivity index (χ1n) is 5.33. The zero-order chi connectivity index (χ0) is 15.1. The van der Waals surface area contributed by atoms with Crippen molar-refractivity contribution in [2.24, 2.45) is 0 Å². The molecule has 9 nitrogen and oxygen atoms in total. The summed E-state index contributed by atoms with van der Waals surface area (Å²) in [6.45, 7) is 2.37. The number of nitro groups is 1. The van der Waals surface area contributed by atoms with Crippen LogP contribution in [0.1, 0.15) is 0 Å². The van der Waals surface area contributed by atoms with Crippen molar-refractivity contribution in [3.8, 4) is 0 Å². The van der Waals surface area contributed by atoms with E-state index in [1.54, 1.807) is 0 Å². The van der Waals surface area contributed by atoms with Gasteiger partial charge in [-0.05, 0) is 6.07 Å². The van der Waals surface area contributed by atoms with E-state index in [-0.39, 0.29) is 6.61 Å². The molecule has 0 fully saturated rings. The van der Waals surface area contributed by atoms with Gasteiger partial charge >= 0.3 is 17.7 Å². The lowest BCUT2D eigenvalue weighted by molar-refractivity contribution is -0.384. The van der Waals surface area contributed by atoms with Crippen molar-refractivity contribution < 1.29 is 24.4 Å². The number of carbonyl (C=O) groups excluding carboxylic acids is 1. The Bertz CT molecular complexity index is 545. The number of carboxylic acid groups (broad SMARTS) is 1. The highest BCUT2D eigenvalue weighted by molar-refractivity contribution is 5.94. The molecular formula is C11H11N3O6. The first-order valence-corrected chi connectivity index (χ1v) is 5.33. The number of nitrogens with zero attached hydrogens (tertiary/aromatic N) is 3. The van der Waals surface area contributed by atoms with Crippen molar-refractivity contribution in [3.63, 3.8) is 0 Å². The summed E-state index contributed by atoms with van der Waals surface area (Å²) >= 11 is 0. The zero-order valence-electron chi connectivity index (χ0n) is 10.3. The fourth-order valence-corrected chi connectivity index (χ4v) is 1.31. The summed E-state index contributed by atoms with van der Waals surface area (Å²) in [7, 11) is 0. The smallest absolute Gasteiger partial charge is 0.416 e. The Morgan fingerprint density at radius 1 is 1.60 bits per heavy atom. The fourth-order valence-electron chi connectivity index (χ4n) is 1.31. The molecule has 0 aliphatic heterocycles. The van der Waals surface area contributed by atoms with Gasteiger partial charge in [-0.2, -0.15) is 0 Å². The largest absolute Gasteiger partial charge is 0.480 e. The van der Waals surface area contributed by atoms with Crippen molar-refractivity contribution >= 4 is 23.6 Å². The van der Waals surface area contributed by atoms with E-state index in [1.807, 2.05) is 0 Å². The molecule has 0 aliphatic rings. The second kappa shape index (κ2) is 6.83. The highest BCUT2D eigenvalue weighted by Gasteiger charge is 2.28. The first-order chi connectivity index (χ1) is 9.47. The Hall–Kier alpha value is -2.97. The summed E-state index contributed by atoms with van der Waals surface area (Å²) in [6.07, 6.45) is 1.43. The van der Waals surface area contributed by atoms with Crippen LogP contribution in [0.2, 0.25) is 0 Å². The van der Waals surface area contributed by atoms with Gasteiger partial charge in [0, 0.05) is 12.3 Å². The molecule has 1 amide bonds. The lowest BCUT2D eigenvalue weighted by atomic mass is 10.3. The van der Waals surface area contributed by atoms with Crippen LogP contribution < -0.4 is 4.90 Å². The molecule has 0 radical (unpaired) electrons. The third-order valence-electron chi connectivity index (χ3n) is 2.06. The monoisotopic (exact) mass is 281 g/mol. The lowest BCUT2D eigenvalue weighted by Crippen LogP contribution is -2.37. The number of hydrogen-bond donors (Lipinski definition) is 1. The van der Waals surface area contributed by atoms with E-state index in [4.69, 9.17) is 5.11 Å². The van der Waals surface area contributed by atoms with Gasteiger partial charge < -0.3 is 9.84 Å². The van der Waals surface area contributed by atoms with Gasteiger partial charge in [0.05, 0.1) is 4.92 Å². The van der Waals surface area contributed by atoms with E-state index < -0.39 is 35.0 Å². The van der Waals surface area contributed by atoms with Crippen LogP contribution >= 0.6 is 0 Å². The van der Waals surface area contributed by atoms with Gasteiger partial charge in [0.2, 0.25) is 5.82 Å². The van der Waals surface area contributed by atoms with Gasteiger partial charge in [-0.1, -0.05) is 12.7 Å². The number of anilines is 1. The lowest BCUT2D eigenvalue weighted by Gasteiger charge is -2.18. The molecule has 0 bridgehead atoms. The summed E-state index contributed by atoms with van der Waals surface area (Å²) < 4.78 is 4.69. The zero-order valence-corrected chi connectivity index (χ0v) is 10.3. The molecule has 1 N–H and O–H groups in total. The number of aromatic nitrogens is 1. The molecule has 0 spiro atoms. The van der Waals surface area contributed by atoms with Crippen LogP contribution in [-0.4, -0.2) is 40.2 Å². The number of carboxylic acids is 1. The van der Waals surface area contributed by atoms with Crippen LogP contribution in [0.3, 0.4) is 0 Å². The number of pyridine rings is 1. The molecule has 0 saturated carbocycles. The molecule has 106 valence electrons. The van der Waals surface area contributed by atoms with E-state index in [9.17, 15) is 19.7 Å². The van der Waals surface area contributed by atoms with Crippen molar-refractivity contribution in [2.45, 2.75) is 0 Å². The molecule has 1 heterocycles. The molecule has 0 saturated heterocycles. The highest BCUT2D eigenvalue weighted by atomic mass is 16.6. The predicted molar refractivity (Wildman–Crippen MR) is 67.4 cm³/mol. The van der Waals surface area contributed by atoms with Gasteiger partial charge in [0.1, 0.15) is 13.2 Å². The normalized spacial score (nSPS) is 9.60. The SMILES string of the molecule is C=CCOC(=O)N(CC(=O)O)c1ncccc1[N+](=O)[O-]. The number of carbonyl (C=O) groups is 2. The van der Waals surface area contributed by atoms with Crippen molar-refractivity contribution in [3.05, 3.63) is 41.1 Å². The second-order valence-corrected chi connectivity index (χ2v) is 3.45. The van der Waals surface area contributed by atoms with E-state index in [2.05, 4.69) is 16.3 Å². The quantitative estimate of drug-likeness (QED) is 0.472. The molecule has 0 atom stereocenters. The first kappa shape index (κ1) is 15.1. The van der Waals surface area contributed by atoms with Gasteiger partial charge in [-0.3, -0.25) is 14.9 Å². The van der Waals surface area contributed by atoms with Gasteiger partial charge in [0.15, 0.2) is 0 Å². The Balaban J connectivity index is 3.16. The van der Waals surface area contributed by atoms with Crippen LogP contribution in [0.5, 0.6) is 0 Å². The van der Waals surface area contributed by atoms with Crippen molar-refractivity contribution in [1.82, 2.24) is 4.98 Å². The second-order valence-electron chi connectivity index (χ2n) is 3.45. The molecule has 0 aliphatic carbocycles. The summed E-state index contributed by atoms with van der Waals surface area (Å²) in [5.41, 5.74) is -0.496. The average molecular weight is 281 g/mol. The fraction of sp³-hybridized carbons (Fsp3) is 0.182. The minimum absolute atomic E-state index is 0.157. The summed E-state index contributed by atoms with van der Waals surface area (Å²) in [4.78, 5) is 36.9. The summed E-state index contributed by atoms with van der Waals surface area (Å²) in [5, 5.41) is 19.7. The molecular weight excluding hydrogens is 270 g/mol. The maximum absolute atomic E-state index is 11.7. The van der Waals surface area contributed by atoms with E-state index in [0.29, 0.717) is 4.90 Å². The number of rotatable bonds is 6. The summed E-state index contributed by atoms with van der Waals surface area (Å²) in [5.74, 6) is -1.76. The molecule has 0 unspecified atom stereocenters. The number of hydrogen-bond acceptors (Lipinski definition) is 6. The molecule has 1 aromatic heterocycles. The highest BCUT2D eigenvalue weighted by Crippen LogP contribution is 2.25. The maximum Gasteiger partial charge on any atom is 0.416 e. The molecule has 20 heavy (non-hydrogen) atoms. The Kier molecular flexibility index (Phi) is 5.15. The van der Waals surface area contributed by atoms with Gasteiger partial charge in [-0.25, -0.2) is 14.7 Å². The van der Waals surface area contributed by atoms with Crippen LogP contribution in [0, 0.1) is 10.1 Å². The standard InChI is InChI=1S/C11H11N3O6/c1-2-6-20-11(17)13(7-9(15)16)10-8(14(18)19)4-3-5-12-10/h2-5H,1,6-7H2,(H,15,16). The Morgan fingerprint density at radius 3 is 2.85 bits per heavy atom. The maximum atomic E-state index is 11.7. The van der Waals surface area contributed by atoms with Crippen LogP contribution in [-0.2, 0) is 9.53 Å². The van der Waals surface area contributed by atoms with Crippen molar-refractivity contribution in [2.75, 3.05) is 18.1 Å². The van der Waals surface area contributed by atoms with Gasteiger partial charge in [0.25, 0.3) is 0 Å². The van der Waals surface area contributed by atoms with Crippen LogP contribution in [0.15, 0.2) is 31.0 Å². The molecule has 0 aromatic carbocycles. The minimum atomic E-state index is -1.36. The number of amides is 1. The number of aliphatic carboxylic acids is 1. The van der Waals surface area contributed by atoms with Gasteiger partial charge in [-0.15, -0.1) is 0 Å². The van der Waals surface area contributed by atoms with E-state index >= 15 is 0 Å².